The Morgan fingerprint density at radius 3 is 1.31 bits per heavy atom. The second-order valence-electron chi connectivity index (χ2n) is 7.36. The lowest BCUT2D eigenvalue weighted by Gasteiger charge is -2.22. The summed E-state index contributed by atoms with van der Waals surface area (Å²) in [6.45, 7) is 0. The van der Waals surface area contributed by atoms with E-state index in [1.54, 1.807) is 12.1 Å². The maximum atomic E-state index is 13.8. The van der Waals surface area contributed by atoms with Crippen LogP contribution < -0.4 is 11.5 Å². The van der Waals surface area contributed by atoms with E-state index in [4.69, 9.17) is 11.5 Å². The molecule has 4 aromatic carbocycles. The number of hydrogen-bond donors (Lipinski definition) is 2. The Bertz CT molecular complexity index is 1260. The highest BCUT2D eigenvalue weighted by Gasteiger charge is 2.33. The number of carbonyl (C=O) groups is 2. The summed E-state index contributed by atoms with van der Waals surface area (Å²) in [6.07, 6.45) is 0. The van der Waals surface area contributed by atoms with Crippen molar-refractivity contribution in [2.24, 2.45) is 0 Å². The van der Waals surface area contributed by atoms with Crippen LogP contribution in [0.1, 0.15) is 31.8 Å². The van der Waals surface area contributed by atoms with Crippen molar-refractivity contribution >= 4 is 46.5 Å². The number of rotatable bonds is 4. The zero-order valence-electron chi connectivity index (χ0n) is 16.9. The average molecular weight is 455 g/mol. The highest BCUT2D eigenvalue weighted by Crippen LogP contribution is 2.41. The van der Waals surface area contributed by atoms with Crippen molar-refractivity contribution < 1.29 is 9.59 Å². The Kier molecular flexibility index (Phi) is 5.25. The fourth-order valence-electron chi connectivity index (χ4n) is 3.67. The molecule has 0 saturated carbocycles. The van der Waals surface area contributed by atoms with E-state index < -0.39 is 0 Å². The predicted molar refractivity (Wildman–Crippen MR) is 130 cm³/mol. The van der Waals surface area contributed by atoms with Crippen molar-refractivity contribution in [1.29, 1.82) is 0 Å². The number of nitrogen functional groups attached to an aromatic ring is 2. The molecule has 156 valence electrons. The van der Waals surface area contributed by atoms with Crippen LogP contribution in [0.25, 0.3) is 0 Å². The van der Waals surface area contributed by atoms with E-state index in [0.717, 1.165) is 19.6 Å². The molecule has 1 aliphatic carbocycles. The first-order valence-corrected chi connectivity index (χ1v) is 11.6. The molecule has 4 nitrogen and oxygen atoms in total. The first-order valence-electron chi connectivity index (χ1n) is 9.93. The van der Waals surface area contributed by atoms with Crippen molar-refractivity contribution in [1.82, 2.24) is 0 Å². The van der Waals surface area contributed by atoms with E-state index in [1.165, 1.54) is 23.5 Å². The molecule has 0 atom stereocenters. The largest absolute Gasteiger partial charge is 0.399 e. The van der Waals surface area contributed by atoms with Crippen LogP contribution in [0, 0.1) is 0 Å². The molecule has 0 saturated heterocycles. The van der Waals surface area contributed by atoms with Gasteiger partial charge in [-0.2, -0.15) is 0 Å². The van der Waals surface area contributed by atoms with Crippen LogP contribution in [0.5, 0.6) is 0 Å². The Hall–Kier alpha value is -3.48. The van der Waals surface area contributed by atoms with Gasteiger partial charge in [0.1, 0.15) is 0 Å². The maximum absolute atomic E-state index is 13.8. The van der Waals surface area contributed by atoms with E-state index in [2.05, 4.69) is 0 Å². The van der Waals surface area contributed by atoms with E-state index in [9.17, 15) is 9.59 Å². The van der Waals surface area contributed by atoms with Crippen LogP contribution >= 0.6 is 23.5 Å². The van der Waals surface area contributed by atoms with E-state index in [-0.39, 0.29) is 11.6 Å². The summed E-state index contributed by atoms with van der Waals surface area (Å²) in [5, 5.41) is 0. The van der Waals surface area contributed by atoms with Gasteiger partial charge in [-0.25, -0.2) is 0 Å². The fraction of sp³-hybridized carbons (Fsp3) is 0. The number of ketones is 2. The molecule has 6 heteroatoms. The van der Waals surface area contributed by atoms with E-state index in [0.29, 0.717) is 33.6 Å². The monoisotopic (exact) mass is 454 g/mol. The van der Waals surface area contributed by atoms with Crippen molar-refractivity contribution in [3.63, 3.8) is 0 Å². The van der Waals surface area contributed by atoms with Crippen LogP contribution in [0.15, 0.2) is 105 Å². The van der Waals surface area contributed by atoms with Gasteiger partial charge in [-0.05, 0) is 60.7 Å². The second-order valence-corrected chi connectivity index (χ2v) is 9.59. The van der Waals surface area contributed by atoms with Crippen LogP contribution in [0.2, 0.25) is 0 Å². The van der Waals surface area contributed by atoms with Crippen LogP contribution in [0.3, 0.4) is 0 Å². The summed E-state index contributed by atoms with van der Waals surface area (Å²) in [7, 11) is 0. The van der Waals surface area contributed by atoms with Gasteiger partial charge < -0.3 is 11.5 Å². The smallest absolute Gasteiger partial charge is 0.196 e. The quantitative estimate of drug-likeness (QED) is 0.327. The molecule has 0 aliphatic heterocycles. The predicted octanol–water partition coefficient (Wildman–Crippen LogP) is 5.93. The molecule has 32 heavy (non-hydrogen) atoms. The molecule has 0 unspecified atom stereocenters. The number of hydrogen-bond acceptors (Lipinski definition) is 6. The second kappa shape index (κ2) is 8.22. The minimum atomic E-state index is -0.133. The minimum Gasteiger partial charge on any atom is -0.399 e. The van der Waals surface area contributed by atoms with Crippen molar-refractivity contribution in [2.75, 3.05) is 11.5 Å². The van der Waals surface area contributed by atoms with Gasteiger partial charge in [-0.1, -0.05) is 47.8 Å². The van der Waals surface area contributed by atoms with E-state index >= 15 is 0 Å². The Labute approximate surface area is 194 Å². The molecule has 0 aromatic heterocycles. The third kappa shape index (κ3) is 3.68. The molecule has 4 N–H and O–H groups in total. The van der Waals surface area contributed by atoms with Crippen LogP contribution in [-0.4, -0.2) is 11.6 Å². The lowest BCUT2D eigenvalue weighted by Crippen LogP contribution is -2.22. The van der Waals surface area contributed by atoms with Crippen molar-refractivity contribution in [3.8, 4) is 0 Å². The lowest BCUT2D eigenvalue weighted by molar-refractivity contribution is 0.0974. The number of fused-ring (bicyclic) bond motifs is 2. The van der Waals surface area contributed by atoms with Gasteiger partial charge in [0, 0.05) is 53.2 Å². The zero-order valence-corrected chi connectivity index (χ0v) is 18.5. The lowest BCUT2D eigenvalue weighted by atomic mass is 9.84. The third-order valence-electron chi connectivity index (χ3n) is 5.21. The molecular formula is C26H18N2O2S2. The summed E-state index contributed by atoms with van der Waals surface area (Å²) in [4.78, 5) is 30.5. The molecule has 0 radical (unpaired) electrons. The summed E-state index contributed by atoms with van der Waals surface area (Å²) >= 11 is 2.91. The summed E-state index contributed by atoms with van der Waals surface area (Å²) in [5.41, 5.74) is 14.7. The van der Waals surface area contributed by atoms with Gasteiger partial charge in [-0.15, -0.1) is 0 Å². The topological polar surface area (TPSA) is 86.2 Å². The average Bonchev–Trinajstić information content (AvgIpc) is 2.80. The Balaban J connectivity index is 1.59. The third-order valence-corrected chi connectivity index (χ3v) is 7.35. The SMILES string of the molecule is Nc1ccc(Sc2cccc3c2C(=O)c2c(Sc4ccc(N)cc4)cccc2C3=O)cc1. The van der Waals surface area contributed by atoms with Crippen LogP contribution in [-0.2, 0) is 0 Å². The number of carbonyl (C=O) groups excluding carboxylic acids is 2. The van der Waals surface area contributed by atoms with Gasteiger partial charge in [0.25, 0.3) is 0 Å². The normalized spacial score (nSPS) is 12.4. The Morgan fingerprint density at radius 1 is 0.500 bits per heavy atom. The number of anilines is 2. The molecule has 0 spiro atoms. The molecule has 0 amide bonds. The standard InChI is InChI=1S/C26H18N2O2S2/c27-15-7-11-17(12-8-15)31-21-5-1-3-19-23(21)26(30)24-20(25(19)29)4-2-6-22(24)32-18-13-9-16(28)10-14-18/h1-14H,27-28H2. The van der Waals surface area contributed by atoms with Gasteiger partial charge in [0.2, 0.25) is 0 Å². The fourth-order valence-corrected chi connectivity index (χ4v) is 5.63. The molecule has 0 bridgehead atoms. The Morgan fingerprint density at radius 2 is 0.906 bits per heavy atom. The first-order chi connectivity index (χ1) is 15.5. The van der Waals surface area contributed by atoms with Gasteiger partial charge in [0.15, 0.2) is 11.6 Å². The molecule has 1 aliphatic rings. The summed E-state index contributed by atoms with van der Waals surface area (Å²) in [5.74, 6) is -0.263. The number of benzene rings is 4. The first kappa shape index (κ1) is 20.4. The van der Waals surface area contributed by atoms with Gasteiger partial charge in [0.05, 0.1) is 0 Å². The maximum Gasteiger partial charge on any atom is 0.196 e. The molecule has 5 rings (SSSR count). The van der Waals surface area contributed by atoms with Gasteiger partial charge in [-0.3, -0.25) is 9.59 Å². The highest BCUT2D eigenvalue weighted by molar-refractivity contribution is 7.99. The van der Waals surface area contributed by atoms with Crippen molar-refractivity contribution in [2.45, 2.75) is 19.6 Å². The number of nitrogens with two attached hydrogens (primary N) is 2. The summed E-state index contributed by atoms with van der Waals surface area (Å²) in [6, 6.07) is 25.8. The highest BCUT2D eigenvalue weighted by atomic mass is 32.2. The summed E-state index contributed by atoms with van der Waals surface area (Å²) < 4.78 is 0. The molecule has 0 fully saturated rings. The zero-order chi connectivity index (χ0) is 22.2. The van der Waals surface area contributed by atoms with Gasteiger partial charge >= 0.3 is 0 Å². The minimum absolute atomic E-state index is 0.130. The van der Waals surface area contributed by atoms with Crippen molar-refractivity contribution in [3.05, 3.63) is 107 Å². The molecule has 0 heterocycles. The van der Waals surface area contributed by atoms with Crippen LogP contribution in [0.4, 0.5) is 11.4 Å². The van der Waals surface area contributed by atoms with E-state index in [1.807, 2.05) is 72.8 Å². The molecular weight excluding hydrogens is 436 g/mol. The molecule has 4 aromatic rings.